The fraction of sp³-hybridized carbons (Fsp3) is 0.294. The van der Waals surface area contributed by atoms with Gasteiger partial charge in [-0.15, -0.1) is 11.8 Å². The molecule has 0 heterocycles. The van der Waals surface area contributed by atoms with Crippen molar-refractivity contribution in [2.75, 3.05) is 25.4 Å². The van der Waals surface area contributed by atoms with Gasteiger partial charge >= 0.3 is 0 Å². The van der Waals surface area contributed by atoms with Crippen molar-refractivity contribution in [1.29, 1.82) is 0 Å². The van der Waals surface area contributed by atoms with Gasteiger partial charge in [-0.1, -0.05) is 34.1 Å². The molecule has 0 aromatic heterocycles. The zero-order valence-corrected chi connectivity index (χ0v) is 14.7. The van der Waals surface area contributed by atoms with E-state index in [1.165, 1.54) is 4.90 Å². The number of benzene rings is 2. The Hall–Kier alpha value is -1.01. The molecule has 3 nitrogen and oxygen atoms in total. The lowest BCUT2D eigenvalue weighted by Crippen LogP contribution is -2.87. The first-order valence-corrected chi connectivity index (χ1v) is 9.08. The quantitative estimate of drug-likeness (QED) is 0.517. The van der Waals surface area contributed by atoms with E-state index in [4.69, 9.17) is 4.74 Å². The molecule has 0 amide bonds. The molecule has 1 atom stereocenters. The van der Waals surface area contributed by atoms with E-state index in [2.05, 4.69) is 45.5 Å². The summed E-state index contributed by atoms with van der Waals surface area (Å²) in [6, 6.07) is 17.9. The average molecular weight is 383 g/mol. The Morgan fingerprint density at radius 3 is 2.55 bits per heavy atom. The highest BCUT2D eigenvalue weighted by Crippen LogP contribution is 2.19. The van der Waals surface area contributed by atoms with Crippen molar-refractivity contribution in [3.05, 3.63) is 59.1 Å². The van der Waals surface area contributed by atoms with Crippen LogP contribution in [-0.4, -0.2) is 36.7 Å². The van der Waals surface area contributed by atoms with Crippen LogP contribution in [0.25, 0.3) is 0 Å². The summed E-state index contributed by atoms with van der Waals surface area (Å²) in [4.78, 5) is 1.27. The van der Waals surface area contributed by atoms with Gasteiger partial charge in [0.15, 0.2) is 0 Å². The number of thioether (sulfide) groups is 1. The average Bonchev–Trinajstić information content (AvgIpc) is 2.55. The molecule has 22 heavy (non-hydrogen) atoms. The molecule has 0 saturated carbocycles. The van der Waals surface area contributed by atoms with Gasteiger partial charge < -0.3 is 15.2 Å². The number of aliphatic hydroxyl groups excluding tert-OH is 1. The molecule has 2 aromatic carbocycles. The largest absolute Gasteiger partial charge is 0.491 e. The number of hydrogen-bond acceptors (Lipinski definition) is 3. The number of quaternary nitrogens is 1. The molecule has 0 radical (unpaired) electrons. The van der Waals surface area contributed by atoms with Gasteiger partial charge in [-0.05, 0) is 36.4 Å². The minimum Gasteiger partial charge on any atom is -0.491 e. The third-order valence-electron chi connectivity index (χ3n) is 3.03. The topological polar surface area (TPSA) is 46.1 Å². The van der Waals surface area contributed by atoms with Crippen molar-refractivity contribution in [2.45, 2.75) is 11.0 Å². The van der Waals surface area contributed by atoms with Gasteiger partial charge in [0.05, 0.1) is 6.54 Å². The maximum Gasteiger partial charge on any atom is 0.137 e. The summed E-state index contributed by atoms with van der Waals surface area (Å²) in [6.45, 7) is 1.97. The predicted octanol–water partition coefficient (Wildman–Crippen LogP) is 2.54. The molecule has 0 unspecified atom stereocenters. The third kappa shape index (κ3) is 6.83. The van der Waals surface area contributed by atoms with Gasteiger partial charge in [0.2, 0.25) is 0 Å². The Bertz CT molecular complexity index is 536. The van der Waals surface area contributed by atoms with E-state index >= 15 is 0 Å². The predicted molar refractivity (Wildman–Crippen MR) is 94.5 cm³/mol. The van der Waals surface area contributed by atoms with Crippen molar-refractivity contribution >= 4 is 27.7 Å². The van der Waals surface area contributed by atoms with Crippen LogP contribution >= 0.6 is 27.7 Å². The molecular weight excluding hydrogens is 362 g/mol. The highest BCUT2D eigenvalue weighted by atomic mass is 79.9. The molecule has 3 N–H and O–H groups in total. The zero-order valence-electron chi connectivity index (χ0n) is 12.3. The lowest BCUT2D eigenvalue weighted by atomic mass is 10.3. The van der Waals surface area contributed by atoms with E-state index in [1.54, 1.807) is 0 Å². The molecule has 0 bridgehead atoms. The van der Waals surface area contributed by atoms with Crippen LogP contribution in [0.5, 0.6) is 5.75 Å². The van der Waals surface area contributed by atoms with Crippen molar-refractivity contribution in [3.8, 4) is 5.75 Å². The first kappa shape index (κ1) is 17.3. The van der Waals surface area contributed by atoms with Crippen molar-refractivity contribution in [2.24, 2.45) is 0 Å². The van der Waals surface area contributed by atoms with Crippen molar-refractivity contribution in [1.82, 2.24) is 0 Å². The summed E-state index contributed by atoms with van der Waals surface area (Å²) in [6.07, 6.45) is -0.446. The molecule has 2 aromatic rings. The highest BCUT2D eigenvalue weighted by molar-refractivity contribution is 9.10. The summed E-state index contributed by atoms with van der Waals surface area (Å²) < 4.78 is 6.63. The number of hydrogen-bond donors (Lipinski definition) is 2. The normalized spacial score (nSPS) is 12.1. The SMILES string of the molecule is O[C@H](C[NH2+]CCSc1ccc(Br)cc1)COc1ccccc1. The molecule has 5 heteroatoms. The first-order chi connectivity index (χ1) is 10.7. The molecule has 0 fully saturated rings. The van der Waals surface area contributed by atoms with Crippen molar-refractivity contribution in [3.63, 3.8) is 0 Å². The maximum absolute atomic E-state index is 9.89. The Morgan fingerprint density at radius 1 is 1.09 bits per heavy atom. The molecule has 2 rings (SSSR count). The number of para-hydroxylation sites is 1. The second-order valence-electron chi connectivity index (χ2n) is 4.89. The Labute approximate surface area is 144 Å². The molecular formula is C17H21BrNO2S+. The number of nitrogens with two attached hydrogens (primary N) is 1. The Kier molecular flexibility index (Phi) is 7.80. The van der Waals surface area contributed by atoms with Crippen LogP contribution in [-0.2, 0) is 0 Å². The second-order valence-corrected chi connectivity index (χ2v) is 6.98. The van der Waals surface area contributed by atoms with Crippen LogP contribution in [0, 0.1) is 0 Å². The Balaban J connectivity index is 1.53. The second kappa shape index (κ2) is 9.90. The summed E-state index contributed by atoms with van der Waals surface area (Å²) >= 11 is 5.26. The van der Waals surface area contributed by atoms with E-state index in [1.807, 2.05) is 42.1 Å². The maximum atomic E-state index is 9.89. The van der Waals surface area contributed by atoms with Crippen LogP contribution in [0.1, 0.15) is 0 Å². The van der Waals surface area contributed by atoms with E-state index < -0.39 is 6.10 Å². The summed E-state index contributed by atoms with van der Waals surface area (Å²) in [5.74, 6) is 1.82. The summed E-state index contributed by atoms with van der Waals surface area (Å²) in [5.41, 5.74) is 0. The van der Waals surface area contributed by atoms with Crippen LogP contribution in [0.15, 0.2) is 64.0 Å². The standard InChI is InChI=1S/C17H20BrNO2S/c18-14-6-8-17(9-7-14)22-11-10-19-12-15(20)13-21-16-4-2-1-3-5-16/h1-9,15,19-20H,10-13H2/p+1/t15-/m1/s1. The van der Waals surface area contributed by atoms with E-state index in [9.17, 15) is 5.11 Å². The molecule has 0 aliphatic carbocycles. The van der Waals surface area contributed by atoms with Crippen LogP contribution in [0.4, 0.5) is 0 Å². The number of aliphatic hydroxyl groups is 1. The van der Waals surface area contributed by atoms with E-state index in [-0.39, 0.29) is 0 Å². The van der Waals surface area contributed by atoms with E-state index in [0.717, 1.165) is 22.5 Å². The fourth-order valence-electron chi connectivity index (χ4n) is 1.88. The van der Waals surface area contributed by atoms with Gasteiger partial charge in [-0.2, -0.15) is 0 Å². The number of rotatable bonds is 9. The zero-order chi connectivity index (χ0) is 15.6. The van der Waals surface area contributed by atoms with Gasteiger partial charge in [-0.25, -0.2) is 0 Å². The van der Waals surface area contributed by atoms with Crippen LogP contribution in [0.2, 0.25) is 0 Å². The lowest BCUT2D eigenvalue weighted by Gasteiger charge is -2.11. The number of halogens is 1. The van der Waals surface area contributed by atoms with Gasteiger partial charge in [0.25, 0.3) is 0 Å². The first-order valence-electron chi connectivity index (χ1n) is 7.30. The van der Waals surface area contributed by atoms with Crippen molar-refractivity contribution < 1.29 is 15.2 Å². The molecule has 0 aliphatic heterocycles. The van der Waals surface area contributed by atoms with Crippen LogP contribution in [0.3, 0.4) is 0 Å². The highest BCUT2D eigenvalue weighted by Gasteiger charge is 2.07. The summed E-state index contributed by atoms with van der Waals surface area (Å²) in [7, 11) is 0. The minimum absolute atomic E-state index is 0.334. The molecule has 118 valence electrons. The number of ether oxygens (including phenoxy) is 1. The monoisotopic (exact) mass is 382 g/mol. The van der Waals surface area contributed by atoms with Gasteiger partial charge in [0, 0.05) is 15.1 Å². The van der Waals surface area contributed by atoms with E-state index in [0.29, 0.717) is 13.2 Å². The van der Waals surface area contributed by atoms with Crippen LogP contribution < -0.4 is 10.1 Å². The molecule has 0 aliphatic rings. The fourth-order valence-corrected chi connectivity index (χ4v) is 2.99. The lowest BCUT2D eigenvalue weighted by molar-refractivity contribution is -0.657. The van der Waals surface area contributed by atoms with Gasteiger partial charge in [-0.3, -0.25) is 0 Å². The molecule has 0 saturated heterocycles. The van der Waals surface area contributed by atoms with Gasteiger partial charge in [0.1, 0.15) is 25.0 Å². The minimum atomic E-state index is -0.446. The third-order valence-corrected chi connectivity index (χ3v) is 4.60. The summed E-state index contributed by atoms with van der Waals surface area (Å²) in [5, 5.41) is 12.0. The molecule has 0 spiro atoms. The Morgan fingerprint density at radius 2 is 1.82 bits per heavy atom. The smallest absolute Gasteiger partial charge is 0.137 e.